The second-order valence-corrected chi connectivity index (χ2v) is 10.5. The molecule has 0 bridgehead atoms. The van der Waals surface area contributed by atoms with Gasteiger partial charge in [0.15, 0.2) is 0 Å². The van der Waals surface area contributed by atoms with Crippen LogP contribution in [0.5, 0.6) is 0 Å². The van der Waals surface area contributed by atoms with Crippen molar-refractivity contribution in [2.75, 3.05) is 9.80 Å². The largest absolute Gasteiger partial charge is 0.269 e. The van der Waals surface area contributed by atoms with Gasteiger partial charge in [0.25, 0.3) is 23.6 Å². The Kier molecular flexibility index (Phi) is 12.0. The van der Waals surface area contributed by atoms with Crippen molar-refractivity contribution in [3.63, 3.8) is 0 Å². The molecule has 0 saturated heterocycles. The molecule has 0 radical (unpaired) electrons. The summed E-state index contributed by atoms with van der Waals surface area (Å²) in [6, 6.07) is 6.69. The molecule has 0 aromatic heterocycles. The number of imide groups is 2. The average Bonchev–Trinajstić information content (AvgIpc) is 3.35. The highest BCUT2D eigenvalue weighted by molar-refractivity contribution is 6.35. The van der Waals surface area contributed by atoms with Crippen molar-refractivity contribution in [2.45, 2.75) is 117 Å². The zero-order valence-electron chi connectivity index (χ0n) is 23.3. The molecule has 206 valence electrons. The van der Waals surface area contributed by atoms with Gasteiger partial charge < -0.3 is 0 Å². The van der Waals surface area contributed by atoms with Gasteiger partial charge >= 0.3 is 0 Å². The number of rotatable bonds is 18. The number of amides is 4. The Labute approximate surface area is 228 Å². The molecule has 6 heteroatoms. The maximum atomic E-state index is 13.2. The van der Waals surface area contributed by atoms with Crippen LogP contribution in [0.2, 0.25) is 0 Å². The predicted molar refractivity (Wildman–Crippen MR) is 153 cm³/mol. The fraction of sp³-hybridized carbons (Fsp3) is 0.562. The fourth-order valence-electron chi connectivity index (χ4n) is 5.24. The van der Waals surface area contributed by atoms with E-state index in [0.29, 0.717) is 24.0 Å². The van der Waals surface area contributed by atoms with Crippen molar-refractivity contribution < 1.29 is 19.2 Å². The maximum Gasteiger partial charge on any atom is 0.261 e. The molecule has 0 unspecified atom stereocenters. The Morgan fingerprint density at radius 2 is 0.842 bits per heavy atom. The Bertz CT molecular complexity index is 972. The zero-order valence-corrected chi connectivity index (χ0v) is 23.3. The van der Waals surface area contributed by atoms with Crippen LogP contribution in [0.1, 0.15) is 117 Å². The van der Waals surface area contributed by atoms with E-state index in [9.17, 15) is 19.2 Å². The van der Waals surface area contributed by atoms with Gasteiger partial charge in [-0.25, -0.2) is 9.80 Å². The van der Waals surface area contributed by atoms with Crippen LogP contribution in [0.25, 0.3) is 0 Å². The van der Waals surface area contributed by atoms with Crippen LogP contribution < -0.4 is 9.80 Å². The van der Waals surface area contributed by atoms with Gasteiger partial charge in [0.2, 0.25) is 0 Å². The third-order valence-electron chi connectivity index (χ3n) is 7.45. The molecule has 6 nitrogen and oxygen atoms in total. The normalized spacial score (nSPS) is 15.6. The Morgan fingerprint density at radius 3 is 1.21 bits per heavy atom. The Balaban J connectivity index is 1.59. The van der Waals surface area contributed by atoms with Crippen LogP contribution >= 0.6 is 0 Å². The highest BCUT2D eigenvalue weighted by atomic mass is 16.2. The van der Waals surface area contributed by atoms with Gasteiger partial charge in [0.1, 0.15) is 0 Å². The lowest BCUT2D eigenvalue weighted by Crippen LogP contribution is -2.36. The van der Waals surface area contributed by atoms with E-state index in [1.54, 1.807) is 24.3 Å². The summed E-state index contributed by atoms with van der Waals surface area (Å²) in [4.78, 5) is 54.4. The first-order valence-electron chi connectivity index (χ1n) is 14.8. The first-order chi connectivity index (χ1) is 18.5. The lowest BCUT2D eigenvalue weighted by molar-refractivity contribution is -0.122. The molecule has 0 atom stereocenters. The topological polar surface area (TPSA) is 74.8 Å². The first kappa shape index (κ1) is 29.5. The third-order valence-corrected chi connectivity index (χ3v) is 7.45. The van der Waals surface area contributed by atoms with Gasteiger partial charge in [-0.05, 0) is 37.8 Å². The minimum absolute atomic E-state index is 0.278. The molecule has 2 aliphatic rings. The van der Waals surface area contributed by atoms with E-state index in [4.69, 9.17) is 0 Å². The van der Waals surface area contributed by atoms with Gasteiger partial charge in [-0.15, -0.1) is 0 Å². The number of unbranched alkanes of at least 4 members (excludes halogenated alkanes) is 12. The summed E-state index contributed by atoms with van der Waals surface area (Å²) in [7, 11) is 0. The molecule has 0 fully saturated rings. The van der Waals surface area contributed by atoms with Gasteiger partial charge in [0, 0.05) is 23.3 Å². The van der Waals surface area contributed by atoms with E-state index in [0.717, 1.165) is 48.3 Å². The quantitative estimate of drug-likeness (QED) is 0.148. The molecule has 1 aromatic carbocycles. The number of anilines is 2. The average molecular weight is 521 g/mol. The molecule has 38 heavy (non-hydrogen) atoms. The van der Waals surface area contributed by atoms with Gasteiger partial charge in [-0.2, -0.15) is 0 Å². The van der Waals surface area contributed by atoms with E-state index < -0.39 is 11.8 Å². The molecular formula is C32H44N2O4. The predicted octanol–water partition coefficient (Wildman–Crippen LogP) is 7.57. The standard InChI is InChI=1S/C32H44N2O4/c1-3-5-7-9-11-13-15-19-25-23-29(35)33(31(25)37)27-21-17-18-22-28(27)34-30(36)24-26(32(34)38)20-16-14-12-10-8-6-4-2/h17-18,21-24H,3-16,19-20H2,1-2H3. The fourth-order valence-corrected chi connectivity index (χ4v) is 5.24. The first-order valence-corrected chi connectivity index (χ1v) is 14.8. The minimum Gasteiger partial charge on any atom is -0.269 e. The number of nitrogens with zero attached hydrogens (tertiary/aromatic N) is 2. The summed E-state index contributed by atoms with van der Waals surface area (Å²) < 4.78 is 0. The number of hydrogen-bond acceptors (Lipinski definition) is 4. The number of benzene rings is 1. The number of para-hydroxylation sites is 2. The summed E-state index contributed by atoms with van der Waals surface area (Å²) in [5.41, 5.74) is 1.55. The van der Waals surface area contributed by atoms with Crippen LogP contribution in [0, 0.1) is 0 Å². The highest BCUT2D eigenvalue weighted by Gasteiger charge is 2.38. The Morgan fingerprint density at radius 1 is 0.500 bits per heavy atom. The van der Waals surface area contributed by atoms with E-state index in [2.05, 4.69) is 13.8 Å². The van der Waals surface area contributed by atoms with Crippen molar-refractivity contribution in [3.8, 4) is 0 Å². The molecule has 0 N–H and O–H groups in total. The van der Waals surface area contributed by atoms with Crippen molar-refractivity contribution >= 4 is 35.0 Å². The molecule has 0 spiro atoms. The van der Waals surface area contributed by atoms with E-state index in [-0.39, 0.29) is 23.2 Å². The van der Waals surface area contributed by atoms with Crippen LogP contribution in [-0.4, -0.2) is 23.6 Å². The van der Waals surface area contributed by atoms with Crippen molar-refractivity contribution in [3.05, 3.63) is 47.6 Å². The number of carbonyl (C=O) groups excluding carboxylic acids is 4. The second-order valence-electron chi connectivity index (χ2n) is 10.5. The summed E-state index contributed by atoms with van der Waals surface area (Å²) in [6.45, 7) is 4.39. The summed E-state index contributed by atoms with van der Waals surface area (Å²) in [5.74, 6) is -1.56. The lowest BCUT2D eigenvalue weighted by Gasteiger charge is -2.23. The number of hydrogen-bond donors (Lipinski definition) is 0. The summed E-state index contributed by atoms with van der Waals surface area (Å²) >= 11 is 0. The zero-order chi connectivity index (χ0) is 27.3. The van der Waals surface area contributed by atoms with Crippen molar-refractivity contribution in [1.29, 1.82) is 0 Å². The summed E-state index contributed by atoms with van der Waals surface area (Å²) in [5, 5.41) is 0. The van der Waals surface area contributed by atoms with Gasteiger partial charge in [-0.3, -0.25) is 19.2 Å². The third kappa shape index (κ3) is 7.75. The molecule has 3 rings (SSSR count). The number of carbonyl (C=O) groups is 4. The van der Waals surface area contributed by atoms with Gasteiger partial charge in [-0.1, -0.05) is 103 Å². The van der Waals surface area contributed by atoms with Crippen LogP contribution in [0.15, 0.2) is 47.6 Å². The molecule has 4 amide bonds. The van der Waals surface area contributed by atoms with Crippen LogP contribution in [0.4, 0.5) is 11.4 Å². The molecule has 0 saturated carbocycles. The van der Waals surface area contributed by atoms with E-state index in [1.807, 2.05) is 0 Å². The van der Waals surface area contributed by atoms with Crippen molar-refractivity contribution in [1.82, 2.24) is 0 Å². The van der Waals surface area contributed by atoms with E-state index in [1.165, 1.54) is 63.5 Å². The van der Waals surface area contributed by atoms with E-state index >= 15 is 0 Å². The second kappa shape index (κ2) is 15.4. The molecule has 1 aromatic rings. The molecule has 0 aliphatic carbocycles. The van der Waals surface area contributed by atoms with Crippen LogP contribution in [0.3, 0.4) is 0 Å². The minimum atomic E-state index is -0.421. The van der Waals surface area contributed by atoms with Gasteiger partial charge in [0.05, 0.1) is 11.4 Å². The Hall–Kier alpha value is -3.02. The van der Waals surface area contributed by atoms with Crippen molar-refractivity contribution in [2.24, 2.45) is 0 Å². The monoisotopic (exact) mass is 520 g/mol. The maximum absolute atomic E-state index is 13.2. The molecule has 2 aliphatic heterocycles. The highest BCUT2D eigenvalue weighted by Crippen LogP contribution is 2.36. The summed E-state index contributed by atoms with van der Waals surface area (Å²) in [6.07, 6.45) is 19.8. The smallest absolute Gasteiger partial charge is 0.261 e. The molecule has 2 heterocycles. The lowest BCUT2D eigenvalue weighted by atomic mass is 10.0. The SMILES string of the molecule is CCCCCCCCCC1=CC(=O)N(c2ccccc2N2C(=O)C=C(CCCCCCCCC)C2=O)C1=O. The molecular weight excluding hydrogens is 476 g/mol. The van der Waals surface area contributed by atoms with Crippen LogP contribution in [-0.2, 0) is 19.2 Å².